The van der Waals surface area contributed by atoms with Crippen LogP contribution in [0, 0.1) is 15.9 Å². The van der Waals surface area contributed by atoms with Crippen LogP contribution in [-0.4, -0.2) is 24.7 Å². The van der Waals surface area contributed by atoms with Crippen LogP contribution in [0.3, 0.4) is 0 Å². The number of nitro benzene ring substituents is 1. The van der Waals surface area contributed by atoms with Gasteiger partial charge < -0.3 is 10.1 Å². The van der Waals surface area contributed by atoms with E-state index in [9.17, 15) is 14.5 Å². The molecule has 1 N–H and O–H groups in total. The molecule has 5 nitrogen and oxygen atoms in total. The van der Waals surface area contributed by atoms with Crippen molar-refractivity contribution in [3.63, 3.8) is 0 Å². The van der Waals surface area contributed by atoms with Crippen molar-refractivity contribution < 1.29 is 14.1 Å². The summed E-state index contributed by atoms with van der Waals surface area (Å²) >= 11 is 5.60. The van der Waals surface area contributed by atoms with Crippen molar-refractivity contribution in [2.45, 2.75) is 19.8 Å². The minimum Gasteiger partial charge on any atom is -0.380 e. The predicted octanol–water partition coefficient (Wildman–Crippen LogP) is 3.62. The van der Waals surface area contributed by atoms with Gasteiger partial charge >= 0.3 is 0 Å². The second kappa shape index (κ2) is 7.91. The number of halogens is 2. The molecule has 0 aliphatic rings. The molecule has 0 saturated carbocycles. The SMILES string of the molecule is CCCCOCCNc1cc(Cl)c(F)cc1[N+](=O)[O-]. The summed E-state index contributed by atoms with van der Waals surface area (Å²) < 4.78 is 18.5. The third-order valence-electron chi connectivity index (χ3n) is 2.44. The van der Waals surface area contributed by atoms with E-state index in [1.54, 1.807) is 0 Å². The fraction of sp³-hybridized carbons (Fsp3) is 0.500. The Balaban J connectivity index is 2.57. The Morgan fingerprint density at radius 3 is 2.84 bits per heavy atom. The number of benzene rings is 1. The summed E-state index contributed by atoms with van der Waals surface area (Å²) in [4.78, 5) is 10.1. The van der Waals surface area contributed by atoms with Crippen LogP contribution in [0.25, 0.3) is 0 Å². The predicted molar refractivity (Wildman–Crippen MR) is 72.3 cm³/mol. The molecule has 0 aliphatic heterocycles. The molecule has 0 radical (unpaired) electrons. The highest BCUT2D eigenvalue weighted by Gasteiger charge is 2.17. The van der Waals surface area contributed by atoms with Gasteiger partial charge in [-0.15, -0.1) is 0 Å². The third kappa shape index (κ3) is 5.00. The number of nitrogens with zero attached hydrogens (tertiary/aromatic N) is 1. The molecule has 1 rings (SSSR count). The molecule has 0 saturated heterocycles. The summed E-state index contributed by atoms with van der Waals surface area (Å²) in [6, 6.07) is 2.02. The van der Waals surface area contributed by atoms with E-state index in [0.717, 1.165) is 18.9 Å². The van der Waals surface area contributed by atoms with E-state index in [4.69, 9.17) is 16.3 Å². The van der Waals surface area contributed by atoms with Gasteiger partial charge in [-0.3, -0.25) is 10.1 Å². The van der Waals surface area contributed by atoms with E-state index >= 15 is 0 Å². The van der Waals surface area contributed by atoms with Crippen molar-refractivity contribution in [3.8, 4) is 0 Å². The van der Waals surface area contributed by atoms with Crippen molar-refractivity contribution >= 4 is 23.0 Å². The molecular formula is C12H16ClFN2O3. The standard InChI is InChI=1S/C12H16ClFN2O3/c1-2-3-5-19-6-4-15-11-7-9(13)10(14)8-12(11)16(17)18/h7-8,15H,2-6H2,1H3. The van der Waals surface area contributed by atoms with Gasteiger partial charge in [-0.2, -0.15) is 0 Å². The first-order chi connectivity index (χ1) is 9.06. The van der Waals surface area contributed by atoms with Gasteiger partial charge in [-0.1, -0.05) is 24.9 Å². The molecule has 19 heavy (non-hydrogen) atoms. The normalized spacial score (nSPS) is 10.5. The lowest BCUT2D eigenvalue weighted by Gasteiger charge is -2.08. The first-order valence-electron chi connectivity index (χ1n) is 6.01. The van der Waals surface area contributed by atoms with Crippen LogP contribution in [-0.2, 0) is 4.74 Å². The van der Waals surface area contributed by atoms with E-state index in [-0.39, 0.29) is 16.4 Å². The van der Waals surface area contributed by atoms with E-state index < -0.39 is 10.7 Å². The van der Waals surface area contributed by atoms with Gasteiger partial charge in [0.1, 0.15) is 11.5 Å². The Kier molecular flexibility index (Phi) is 6.52. The molecule has 1 aromatic rings. The molecule has 0 bridgehead atoms. The fourth-order valence-electron chi connectivity index (χ4n) is 1.44. The maximum atomic E-state index is 13.2. The quantitative estimate of drug-likeness (QED) is 0.451. The van der Waals surface area contributed by atoms with E-state index in [1.165, 1.54) is 6.07 Å². The molecule has 0 fully saturated rings. The Morgan fingerprint density at radius 2 is 2.21 bits per heavy atom. The number of hydrogen-bond acceptors (Lipinski definition) is 4. The van der Waals surface area contributed by atoms with E-state index in [1.807, 2.05) is 0 Å². The fourth-order valence-corrected chi connectivity index (χ4v) is 1.60. The lowest BCUT2D eigenvalue weighted by molar-refractivity contribution is -0.384. The zero-order chi connectivity index (χ0) is 14.3. The average Bonchev–Trinajstić information content (AvgIpc) is 2.37. The van der Waals surface area contributed by atoms with Crippen molar-refractivity contribution in [2.75, 3.05) is 25.1 Å². The van der Waals surface area contributed by atoms with Gasteiger partial charge in [0.15, 0.2) is 0 Å². The third-order valence-corrected chi connectivity index (χ3v) is 2.73. The van der Waals surface area contributed by atoms with Gasteiger partial charge in [0.25, 0.3) is 5.69 Å². The zero-order valence-corrected chi connectivity index (χ0v) is 11.4. The highest BCUT2D eigenvalue weighted by atomic mass is 35.5. The van der Waals surface area contributed by atoms with E-state index in [2.05, 4.69) is 12.2 Å². The van der Waals surface area contributed by atoms with Crippen molar-refractivity contribution in [2.24, 2.45) is 0 Å². The monoisotopic (exact) mass is 290 g/mol. The molecule has 0 spiro atoms. The van der Waals surface area contributed by atoms with Crippen LogP contribution < -0.4 is 5.32 Å². The summed E-state index contributed by atoms with van der Waals surface area (Å²) in [6.07, 6.45) is 2.02. The van der Waals surface area contributed by atoms with Crippen LogP contribution >= 0.6 is 11.6 Å². The summed E-state index contributed by atoms with van der Waals surface area (Å²) in [5.74, 6) is -0.807. The molecule has 106 valence electrons. The van der Waals surface area contributed by atoms with Crippen molar-refractivity contribution in [1.82, 2.24) is 0 Å². The number of hydrogen-bond donors (Lipinski definition) is 1. The maximum Gasteiger partial charge on any atom is 0.295 e. The molecule has 0 atom stereocenters. The van der Waals surface area contributed by atoms with Crippen LogP contribution in [0.2, 0.25) is 5.02 Å². The van der Waals surface area contributed by atoms with Gasteiger partial charge in [0.2, 0.25) is 0 Å². The molecule has 0 heterocycles. The van der Waals surface area contributed by atoms with Crippen LogP contribution in [0.5, 0.6) is 0 Å². The lowest BCUT2D eigenvalue weighted by Crippen LogP contribution is -2.11. The Labute approximate surface area is 115 Å². The van der Waals surface area contributed by atoms with Gasteiger partial charge in [-0.25, -0.2) is 4.39 Å². The summed E-state index contributed by atoms with van der Waals surface area (Å²) in [5, 5.41) is 13.5. The first-order valence-corrected chi connectivity index (χ1v) is 6.39. The average molecular weight is 291 g/mol. The zero-order valence-electron chi connectivity index (χ0n) is 10.6. The van der Waals surface area contributed by atoms with Crippen molar-refractivity contribution in [1.29, 1.82) is 0 Å². The summed E-state index contributed by atoms with van der Waals surface area (Å²) in [6.45, 7) is 3.54. The molecule has 0 aliphatic carbocycles. The second-order valence-electron chi connectivity index (χ2n) is 3.93. The highest BCUT2D eigenvalue weighted by Crippen LogP contribution is 2.29. The van der Waals surface area contributed by atoms with Gasteiger partial charge in [0.05, 0.1) is 22.6 Å². The van der Waals surface area contributed by atoms with Gasteiger partial charge in [-0.05, 0) is 12.5 Å². The van der Waals surface area contributed by atoms with E-state index in [0.29, 0.717) is 19.8 Å². The smallest absolute Gasteiger partial charge is 0.295 e. The van der Waals surface area contributed by atoms with Crippen LogP contribution in [0.1, 0.15) is 19.8 Å². The molecule has 0 amide bonds. The number of anilines is 1. The first kappa shape index (κ1) is 15.7. The minimum absolute atomic E-state index is 0.153. The Bertz CT molecular complexity index is 443. The Hall–Kier alpha value is -1.40. The molecule has 0 aromatic heterocycles. The minimum atomic E-state index is -0.807. The molecular weight excluding hydrogens is 275 g/mol. The second-order valence-corrected chi connectivity index (χ2v) is 4.34. The highest BCUT2D eigenvalue weighted by molar-refractivity contribution is 6.31. The van der Waals surface area contributed by atoms with Gasteiger partial charge in [0, 0.05) is 13.2 Å². The number of unbranched alkanes of at least 4 members (excludes halogenated alkanes) is 1. The maximum absolute atomic E-state index is 13.2. The number of ether oxygens (including phenoxy) is 1. The number of rotatable bonds is 8. The topological polar surface area (TPSA) is 64.4 Å². The van der Waals surface area contributed by atoms with Crippen LogP contribution in [0.4, 0.5) is 15.8 Å². The molecule has 1 aromatic carbocycles. The largest absolute Gasteiger partial charge is 0.380 e. The Morgan fingerprint density at radius 1 is 1.47 bits per heavy atom. The summed E-state index contributed by atoms with van der Waals surface area (Å²) in [7, 11) is 0. The molecule has 0 unspecified atom stereocenters. The number of nitrogens with one attached hydrogen (secondary N) is 1. The lowest BCUT2D eigenvalue weighted by atomic mass is 10.2. The summed E-state index contributed by atoms with van der Waals surface area (Å²) in [5.41, 5.74) is -0.147. The number of nitro groups is 1. The van der Waals surface area contributed by atoms with Crippen molar-refractivity contribution in [3.05, 3.63) is 33.1 Å². The van der Waals surface area contributed by atoms with Crippen LogP contribution in [0.15, 0.2) is 12.1 Å². The molecule has 7 heteroatoms.